The number of piperidine rings is 1. The van der Waals surface area contributed by atoms with Crippen molar-refractivity contribution < 1.29 is 32.6 Å². The quantitative estimate of drug-likeness (QED) is 0.195. The molecule has 0 radical (unpaired) electrons. The van der Waals surface area contributed by atoms with Crippen molar-refractivity contribution in [1.29, 1.82) is 0 Å². The Kier molecular flexibility index (Phi) is 8.68. The molecule has 1 atom stereocenters. The van der Waals surface area contributed by atoms with E-state index in [0.717, 1.165) is 36.6 Å². The number of carboxylic acid groups (broad SMARTS) is 1. The summed E-state index contributed by atoms with van der Waals surface area (Å²) >= 11 is 0. The molecule has 6 nitrogen and oxygen atoms in total. The Morgan fingerprint density at radius 1 is 1.05 bits per heavy atom. The number of likely N-dealkylation sites (tertiary alicyclic amines) is 1. The lowest BCUT2D eigenvalue weighted by Gasteiger charge is -2.31. The number of halogens is 3. The zero-order valence-electron chi connectivity index (χ0n) is 20.9. The molecule has 3 aromatic carbocycles. The summed E-state index contributed by atoms with van der Waals surface area (Å²) in [5, 5.41) is 12.9. The highest BCUT2D eigenvalue weighted by Crippen LogP contribution is 2.37. The van der Waals surface area contributed by atoms with Crippen molar-refractivity contribution in [2.24, 2.45) is 5.16 Å². The maximum Gasteiger partial charge on any atom is 0.506 e. The lowest BCUT2D eigenvalue weighted by atomic mass is 9.97. The minimum Gasteiger partial charge on any atom is -0.450 e. The molecule has 9 heteroatoms. The third-order valence-electron chi connectivity index (χ3n) is 6.41. The molecule has 1 aliphatic heterocycles. The summed E-state index contributed by atoms with van der Waals surface area (Å²) in [5.74, 6) is 0. The van der Waals surface area contributed by atoms with Gasteiger partial charge in [-0.1, -0.05) is 71.9 Å². The molecule has 1 heterocycles. The molecule has 0 spiro atoms. The average Bonchev–Trinajstić information content (AvgIpc) is 2.89. The lowest BCUT2D eigenvalue weighted by molar-refractivity contribution is -0.137. The summed E-state index contributed by atoms with van der Waals surface area (Å²) in [6, 6.07) is 20.4. The molecular weight excluding hydrogens is 497 g/mol. The highest BCUT2D eigenvalue weighted by Gasteiger charge is 2.34. The van der Waals surface area contributed by atoms with Gasteiger partial charge < -0.3 is 14.7 Å². The zero-order chi connectivity index (χ0) is 27.1. The van der Waals surface area contributed by atoms with E-state index in [2.05, 4.69) is 10.1 Å². The van der Waals surface area contributed by atoms with Crippen molar-refractivity contribution in [3.05, 3.63) is 95.1 Å². The van der Waals surface area contributed by atoms with Gasteiger partial charge in [-0.15, -0.1) is 0 Å². The van der Waals surface area contributed by atoms with Crippen LogP contribution < -0.4 is 0 Å². The number of hydrogen-bond donors (Lipinski definition) is 1. The first-order valence-electron chi connectivity index (χ1n) is 12.3. The third-order valence-corrected chi connectivity index (χ3v) is 6.41. The van der Waals surface area contributed by atoms with Crippen LogP contribution in [0.2, 0.25) is 0 Å². The number of carbonyl (C=O) groups is 1. The first kappa shape index (κ1) is 27.2. The van der Waals surface area contributed by atoms with Crippen LogP contribution in [-0.4, -0.2) is 41.1 Å². The van der Waals surface area contributed by atoms with Crippen LogP contribution in [0.4, 0.5) is 18.0 Å². The second-order valence-electron chi connectivity index (χ2n) is 9.27. The van der Waals surface area contributed by atoms with E-state index >= 15 is 0 Å². The van der Waals surface area contributed by atoms with Gasteiger partial charge in [0.25, 0.3) is 0 Å². The highest BCUT2D eigenvalue weighted by molar-refractivity contribution is 5.98. The second kappa shape index (κ2) is 12.1. The topological polar surface area (TPSA) is 71.4 Å². The monoisotopic (exact) mass is 526 g/mol. The fourth-order valence-corrected chi connectivity index (χ4v) is 4.55. The molecule has 0 amide bonds. The molecule has 200 valence electrons. The predicted molar refractivity (Wildman–Crippen MR) is 138 cm³/mol. The molecule has 1 aliphatic rings. The van der Waals surface area contributed by atoms with E-state index in [4.69, 9.17) is 14.7 Å². The molecule has 1 unspecified atom stereocenters. The SMILES string of the molecule is CC(=NOCc1ccc(-c2ccccc2)c(C(F)(F)F)c1)c1ccc(CN2CCCC(OC(=O)O)C2)cc1. The summed E-state index contributed by atoms with van der Waals surface area (Å²) in [5.41, 5.74) is 2.77. The van der Waals surface area contributed by atoms with Crippen molar-refractivity contribution in [2.75, 3.05) is 13.1 Å². The van der Waals surface area contributed by atoms with Crippen LogP contribution >= 0.6 is 0 Å². The van der Waals surface area contributed by atoms with E-state index < -0.39 is 17.9 Å². The molecule has 1 N–H and O–H groups in total. The van der Waals surface area contributed by atoms with Gasteiger partial charge in [-0.2, -0.15) is 13.2 Å². The Morgan fingerprint density at radius 2 is 1.76 bits per heavy atom. The summed E-state index contributed by atoms with van der Waals surface area (Å²) in [6.45, 7) is 3.78. The summed E-state index contributed by atoms with van der Waals surface area (Å²) in [6.07, 6.45) is -4.46. The number of hydrogen-bond acceptors (Lipinski definition) is 5. The Hall–Kier alpha value is -3.85. The van der Waals surface area contributed by atoms with Crippen LogP contribution in [0.3, 0.4) is 0 Å². The number of rotatable bonds is 8. The Labute approximate surface area is 219 Å². The van der Waals surface area contributed by atoms with E-state index in [-0.39, 0.29) is 18.3 Å². The fraction of sp³-hybridized carbons (Fsp3) is 0.310. The summed E-state index contributed by atoms with van der Waals surface area (Å²) in [7, 11) is 0. The van der Waals surface area contributed by atoms with Crippen LogP contribution in [0.1, 0.15) is 42.0 Å². The van der Waals surface area contributed by atoms with Crippen molar-refractivity contribution in [2.45, 2.75) is 45.2 Å². The molecule has 1 fully saturated rings. The van der Waals surface area contributed by atoms with Crippen molar-refractivity contribution in [1.82, 2.24) is 4.90 Å². The van der Waals surface area contributed by atoms with Gasteiger partial charge in [0.2, 0.25) is 0 Å². The molecule has 0 bridgehead atoms. The van der Waals surface area contributed by atoms with E-state index in [9.17, 15) is 18.0 Å². The molecule has 1 saturated heterocycles. The number of alkyl halides is 3. The number of oxime groups is 1. The molecule has 4 rings (SSSR count). The van der Waals surface area contributed by atoms with Crippen molar-refractivity contribution >= 4 is 11.9 Å². The highest BCUT2D eigenvalue weighted by atomic mass is 19.4. The Morgan fingerprint density at radius 3 is 2.45 bits per heavy atom. The van der Waals surface area contributed by atoms with E-state index in [1.54, 1.807) is 43.3 Å². The van der Waals surface area contributed by atoms with Crippen LogP contribution in [0.15, 0.2) is 78.0 Å². The molecule has 0 aromatic heterocycles. The molecular formula is C29H29F3N2O4. The van der Waals surface area contributed by atoms with Gasteiger partial charge in [-0.3, -0.25) is 4.90 Å². The van der Waals surface area contributed by atoms with Crippen molar-refractivity contribution in [3.63, 3.8) is 0 Å². The van der Waals surface area contributed by atoms with Crippen molar-refractivity contribution in [3.8, 4) is 11.1 Å². The largest absolute Gasteiger partial charge is 0.506 e. The van der Waals surface area contributed by atoms with Gasteiger partial charge in [0.15, 0.2) is 0 Å². The van der Waals surface area contributed by atoms with E-state index in [1.807, 2.05) is 24.3 Å². The number of benzene rings is 3. The molecule has 38 heavy (non-hydrogen) atoms. The standard InChI is InChI=1S/C29H29F3N2O4/c1-20(23-12-9-21(10-13-23)17-34-15-5-8-25(18-34)38-28(35)36)33-37-19-22-11-14-26(24-6-3-2-4-7-24)27(16-22)29(30,31)32/h2-4,6-7,9-14,16,25H,5,8,15,17-19H2,1H3,(H,35,36). The smallest absolute Gasteiger partial charge is 0.450 e. The first-order valence-corrected chi connectivity index (χ1v) is 12.3. The van der Waals surface area contributed by atoms with Crippen LogP contribution in [0.5, 0.6) is 0 Å². The van der Waals surface area contributed by atoms with Crippen LogP contribution in [0, 0.1) is 0 Å². The minimum atomic E-state index is -4.50. The summed E-state index contributed by atoms with van der Waals surface area (Å²) in [4.78, 5) is 18.4. The lowest BCUT2D eigenvalue weighted by Crippen LogP contribution is -2.39. The molecule has 0 aliphatic carbocycles. The minimum absolute atomic E-state index is 0.0951. The zero-order valence-corrected chi connectivity index (χ0v) is 20.9. The first-order chi connectivity index (χ1) is 18.2. The van der Waals surface area contributed by atoms with E-state index in [0.29, 0.717) is 29.9 Å². The van der Waals surface area contributed by atoms with Gasteiger partial charge >= 0.3 is 12.3 Å². The number of nitrogens with zero attached hydrogens (tertiary/aromatic N) is 2. The Bertz CT molecular complexity index is 1260. The van der Waals surface area contributed by atoms with E-state index in [1.165, 1.54) is 6.07 Å². The van der Waals surface area contributed by atoms with Gasteiger partial charge in [0.05, 0.1) is 11.3 Å². The fourth-order valence-electron chi connectivity index (χ4n) is 4.55. The summed E-state index contributed by atoms with van der Waals surface area (Å²) < 4.78 is 46.1. The second-order valence-corrected chi connectivity index (χ2v) is 9.27. The third kappa shape index (κ3) is 7.35. The van der Waals surface area contributed by atoms with Gasteiger partial charge in [-0.25, -0.2) is 4.79 Å². The number of ether oxygens (including phenoxy) is 1. The van der Waals surface area contributed by atoms with Gasteiger partial charge in [0.1, 0.15) is 12.7 Å². The van der Waals surface area contributed by atoms with Crippen LogP contribution in [0.25, 0.3) is 11.1 Å². The average molecular weight is 527 g/mol. The molecule has 3 aromatic rings. The maximum atomic E-state index is 13.7. The molecule has 0 saturated carbocycles. The normalized spacial score (nSPS) is 16.7. The van der Waals surface area contributed by atoms with Crippen LogP contribution in [-0.2, 0) is 28.9 Å². The predicted octanol–water partition coefficient (Wildman–Crippen LogP) is 6.97. The van der Waals surface area contributed by atoms with Gasteiger partial charge in [-0.05, 0) is 60.2 Å². The Balaban J connectivity index is 1.36. The maximum absolute atomic E-state index is 13.7. The van der Waals surface area contributed by atoms with Gasteiger partial charge in [0, 0.05) is 13.1 Å².